The van der Waals surface area contributed by atoms with Crippen LogP contribution in [0.1, 0.15) is 42.3 Å². The van der Waals surface area contributed by atoms with Crippen molar-refractivity contribution in [1.29, 1.82) is 0 Å². The molecule has 6 nitrogen and oxygen atoms in total. The van der Waals surface area contributed by atoms with Gasteiger partial charge in [0.1, 0.15) is 0 Å². The van der Waals surface area contributed by atoms with Crippen molar-refractivity contribution in [2.75, 3.05) is 0 Å². The number of fused-ring (bicyclic) bond motifs is 1. The van der Waals surface area contributed by atoms with E-state index in [1.165, 1.54) is 4.52 Å². The standard InChI is InChI=1S/C11H14N4O2/c1-3-5-7-6-8(10(16)17)15-11(12-7)13-9(4-2)14-15/h6H,3-5H2,1-2H3,(H,16,17). The summed E-state index contributed by atoms with van der Waals surface area (Å²) in [6, 6.07) is 1.56. The van der Waals surface area contributed by atoms with E-state index in [2.05, 4.69) is 15.1 Å². The molecule has 0 spiro atoms. The maximum Gasteiger partial charge on any atom is 0.354 e. The van der Waals surface area contributed by atoms with E-state index in [-0.39, 0.29) is 5.69 Å². The molecule has 0 aliphatic heterocycles. The molecule has 0 fully saturated rings. The van der Waals surface area contributed by atoms with Gasteiger partial charge in [0.25, 0.3) is 5.78 Å². The zero-order valence-corrected chi connectivity index (χ0v) is 9.84. The van der Waals surface area contributed by atoms with Crippen molar-refractivity contribution in [2.45, 2.75) is 33.1 Å². The third-order valence-corrected chi connectivity index (χ3v) is 2.45. The number of aromatic nitrogens is 4. The Morgan fingerprint density at radius 2 is 2.18 bits per heavy atom. The summed E-state index contributed by atoms with van der Waals surface area (Å²) in [5.74, 6) is -0.0406. The smallest absolute Gasteiger partial charge is 0.354 e. The molecule has 6 heteroatoms. The van der Waals surface area contributed by atoms with Crippen molar-refractivity contribution in [3.63, 3.8) is 0 Å². The molecular formula is C11H14N4O2. The van der Waals surface area contributed by atoms with Crippen LogP contribution in [-0.4, -0.2) is 30.7 Å². The van der Waals surface area contributed by atoms with Gasteiger partial charge in [-0.2, -0.15) is 9.50 Å². The van der Waals surface area contributed by atoms with Gasteiger partial charge in [0.05, 0.1) is 0 Å². The molecule has 0 atom stereocenters. The Morgan fingerprint density at radius 1 is 1.41 bits per heavy atom. The lowest BCUT2D eigenvalue weighted by molar-refractivity contribution is 0.0687. The number of carboxylic acids is 1. The largest absolute Gasteiger partial charge is 0.477 e. The van der Waals surface area contributed by atoms with Crippen LogP contribution in [0.2, 0.25) is 0 Å². The molecule has 0 bridgehead atoms. The number of aromatic carboxylic acids is 1. The minimum Gasteiger partial charge on any atom is -0.477 e. The molecule has 0 aliphatic rings. The van der Waals surface area contributed by atoms with Crippen molar-refractivity contribution >= 4 is 11.7 Å². The van der Waals surface area contributed by atoms with E-state index in [4.69, 9.17) is 5.11 Å². The molecule has 0 aliphatic carbocycles. The van der Waals surface area contributed by atoms with E-state index in [0.717, 1.165) is 18.5 Å². The highest BCUT2D eigenvalue weighted by Gasteiger charge is 2.14. The Bertz CT molecular complexity index is 562. The molecule has 90 valence electrons. The fourth-order valence-electron chi connectivity index (χ4n) is 1.65. The van der Waals surface area contributed by atoms with Gasteiger partial charge < -0.3 is 5.11 Å². The van der Waals surface area contributed by atoms with Crippen molar-refractivity contribution in [1.82, 2.24) is 19.6 Å². The van der Waals surface area contributed by atoms with Crippen LogP contribution in [0, 0.1) is 0 Å². The summed E-state index contributed by atoms with van der Waals surface area (Å²) in [6.45, 7) is 3.94. The number of hydrogen-bond donors (Lipinski definition) is 1. The Morgan fingerprint density at radius 3 is 2.76 bits per heavy atom. The predicted octanol–water partition coefficient (Wildman–Crippen LogP) is 1.34. The molecule has 17 heavy (non-hydrogen) atoms. The zero-order valence-electron chi connectivity index (χ0n) is 9.84. The average Bonchev–Trinajstić information content (AvgIpc) is 2.71. The van der Waals surface area contributed by atoms with Gasteiger partial charge in [-0.15, -0.1) is 5.10 Å². The van der Waals surface area contributed by atoms with Crippen molar-refractivity contribution < 1.29 is 9.90 Å². The monoisotopic (exact) mass is 234 g/mol. The quantitative estimate of drug-likeness (QED) is 0.863. The highest BCUT2D eigenvalue weighted by molar-refractivity contribution is 5.86. The summed E-state index contributed by atoms with van der Waals surface area (Å²) in [7, 11) is 0. The second-order valence-corrected chi connectivity index (χ2v) is 3.78. The lowest BCUT2D eigenvalue weighted by atomic mass is 10.2. The van der Waals surface area contributed by atoms with Crippen molar-refractivity contribution in [3.8, 4) is 0 Å². The van der Waals surface area contributed by atoms with E-state index in [9.17, 15) is 4.79 Å². The first kappa shape index (κ1) is 11.5. The van der Waals surface area contributed by atoms with E-state index >= 15 is 0 Å². The fraction of sp³-hybridized carbons (Fsp3) is 0.455. The summed E-state index contributed by atoms with van der Waals surface area (Å²) in [4.78, 5) is 19.6. The van der Waals surface area contributed by atoms with Gasteiger partial charge in [0.2, 0.25) is 0 Å². The van der Waals surface area contributed by atoms with Gasteiger partial charge in [-0.25, -0.2) is 9.78 Å². The van der Waals surface area contributed by atoms with Gasteiger partial charge in [-0.05, 0) is 12.5 Å². The summed E-state index contributed by atoms with van der Waals surface area (Å²) >= 11 is 0. The van der Waals surface area contributed by atoms with Crippen LogP contribution in [0.15, 0.2) is 6.07 Å². The fourth-order valence-corrected chi connectivity index (χ4v) is 1.65. The Labute approximate surface area is 98.3 Å². The van der Waals surface area contributed by atoms with E-state index < -0.39 is 5.97 Å². The first-order valence-corrected chi connectivity index (χ1v) is 5.64. The molecule has 1 N–H and O–H groups in total. The minimum absolute atomic E-state index is 0.116. The number of carboxylic acid groups (broad SMARTS) is 1. The van der Waals surface area contributed by atoms with Gasteiger partial charge in [0.15, 0.2) is 11.5 Å². The molecule has 2 rings (SSSR count). The highest BCUT2D eigenvalue weighted by atomic mass is 16.4. The number of carbonyl (C=O) groups is 1. The van der Waals surface area contributed by atoms with Crippen molar-refractivity contribution in [3.05, 3.63) is 23.3 Å². The van der Waals surface area contributed by atoms with Crippen LogP contribution in [0.4, 0.5) is 0 Å². The summed E-state index contributed by atoms with van der Waals surface area (Å²) < 4.78 is 1.29. The van der Waals surface area contributed by atoms with E-state index in [1.54, 1.807) is 6.07 Å². The Kier molecular flexibility index (Phi) is 3.03. The van der Waals surface area contributed by atoms with Gasteiger partial charge in [-0.1, -0.05) is 20.3 Å². The third kappa shape index (κ3) is 2.11. The Balaban J connectivity index is 2.65. The topological polar surface area (TPSA) is 80.4 Å². The van der Waals surface area contributed by atoms with Crippen LogP contribution in [0.3, 0.4) is 0 Å². The second-order valence-electron chi connectivity index (χ2n) is 3.78. The zero-order chi connectivity index (χ0) is 12.4. The first-order valence-electron chi connectivity index (χ1n) is 5.64. The molecular weight excluding hydrogens is 220 g/mol. The highest BCUT2D eigenvalue weighted by Crippen LogP contribution is 2.09. The van der Waals surface area contributed by atoms with E-state index in [0.29, 0.717) is 18.0 Å². The molecule has 0 radical (unpaired) electrons. The maximum absolute atomic E-state index is 11.2. The summed E-state index contributed by atoms with van der Waals surface area (Å²) in [5.41, 5.74) is 0.859. The van der Waals surface area contributed by atoms with Gasteiger partial charge >= 0.3 is 5.97 Å². The van der Waals surface area contributed by atoms with Gasteiger partial charge in [-0.3, -0.25) is 0 Å². The molecule has 0 aromatic carbocycles. The predicted molar refractivity (Wildman–Crippen MR) is 61.1 cm³/mol. The normalized spacial score (nSPS) is 10.9. The number of aryl methyl sites for hydroxylation is 2. The summed E-state index contributed by atoms with van der Waals surface area (Å²) in [5, 5.41) is 13.3. The molecule has 0 amide bonds. The van der Waals surface area contributed by atoms with Crippen LogP contribution in [0.5, 0.6) is 0 Å². The molecule has 2 aromatic heterocycles. The minimum atomic E-state index is -1.01. The van der Waals surface area contributed by atoms with Crippen molar-refractivity contribution in [2.24, 2.45) is 0 Å². The van der Waals surface area contributed by atoms with Gasteiger partial charge in [0, 0.05) is 12.1 Å². The average molecular weight is 234 g/mol. The second kappa shape index (κ2) is 4.48. The SMILES string of the molecule is CCCc1cc(C(=O)O)n2nc(CC)nc2n1. The Hall–Kier alpha value is -1.98. The summed E-state index contributed by atoms with van der Waals surface area (Å²) in [6.07, 6.45) is 2.31. The molecule has 0 saturated heterocycles. The molecule has 2 aromatic rings. The van der Waals surface area contributed by atoms with Crippen LogP contribution >= 0.6 is 0 Å². The van der Waals surface area contributed by atoms with Crippen LogP contribution in [-0.2, 0) is 12.8 Å². The number of nitrogens with zero attached hydrogens (tertiary/aromatic N) is 4. The molecule has 0 saturated carbocycles. The lowest BCUT2D eigenvalue weighted by Crippen LogP contribution is -2.09. The molecule has 0 unspecified atom stereocenters. The molecule has 2 heterocycles. The van der Waals surface area contributed by atoms with Crippen LogP contribution in [0.25, 0.3) is 5.78 Å². The van der Waals surface area contributed by atoms with E-state index in [1.807, 2.05) is 13.8 Å². The maximum atomic E-state index is 11.2. The first-order chi connectivity index (χ1) is 8.15. The third-order valence-electron chi connectivity index (χ3n) is 2.45. The van der Waals surface area contributed by atoms with Crippen LogP contribution < -0.4 is 0 Å². The number of rotatable bonds is 4. The number of hydrogen-bond acceptors (Lipinski definition) is 4. The lowest BCUT2D eigenvalue weighted by Gasteiger charge is -2.02.